The Kier molecular flexibility index (Phi) is 2.14. The highest BCUT2D eigenvalue weighted by Gasteiger charge is 2.33. The van der Waals surface area contributed by atoms with E-state index in [0.717, 1.165) is 13.1 Å². The van der Waals surface area contributed by atoms with E-state index >= 15 is 0 Å². The van der Waals surface area contributed by atoms with Gasteiger partial charge in [-0.15, -0.1) is 0 Å². The molecular weight excluding hydrogens is 136 g/mol. The Morgan fingerprint density at radius 2 is 2.09 bits per heavy atom. The molecule has 0 aromatic rings. The lowest BCUT2D eigenvalue weighted by atomic mass is 9.75. The molecule has 0 amide bonds. The van der Waals surface area contributed by atoms with Gasteiger partial charge >= 0.3 is 0 Å². The van der Waals surface area contributed by atoms with Crippen LogP contribution in [0.5, 0.6) is 0 Å². The quantitative estimate of drug-likeness (QED) is 0.546. The van der Waals surface area contributed by atoms with Gasteiger partial charge in [-0.2, -0.15) is 0 Å². The van der Waals surface area contributed by atoms with Gasteiger partial charge in [0.15, 0.2) is 0 Å². The van der Waals surface area contributed by atoms with Crippen LogP contribution in [0.3, 0.4) is 0 Å². The van der Waals surface area contributed by atoms with Gasteiger partial charge in [-0.1, -0.05) is 0 Å². The van der Waals surface area contributed by atoms with E-state index in [-0.39, 0.29) is 0 Å². The molecule has 2 saturated heterocycles. The predicted octanol–water partition coefficient (Wildman–Crippen LogP) is 0.754. The van der Waals surface area contributed by atoms with E-state index in [4.69, 9.17) is 0 Å². The lowest BCUT2D eigenvalue weighted by molar-refractivity contribution is 0.154. The molecule has 2 heterocycles. The Labute approximate surface area is 68.7 Å². The van der Waals surface area contributed by atoms with Crippen molar-refractivity contribution in [1.82, 2.24) is 10.6 Å². The van der Waals surface area contributed by atoms with Crippen LogP contribution in [-0.2, 0) is 0 Å². The molecular formula is C9H17N2. The molecule has 2 rings (SSSR count). The van der Waals surface area contributed by atoms with Crippen molar-refractivity contribution in [2.45, 2.75) is 25.7 Å². The molecule has 63 valence electrons. The second-order valence-corrected chi connectivity index (χ2v) is 3.99. The summed E-state index contributed by atoms with van der Waals surface area (Å²) in [6, 6.07) is 0. The number of rotatable bonds is 0. The molecule has 0 bridgehead atoms. The minimum Gasteiger partial charge on any atom is -0.316 e. The monoisotopic (exact) mass is 153 g/mol. The maximum Gasteiger partial charge on any atom is 0.0202 e. The summed E-state index contributed by atoms with van der Waals surface area (Å²) in [5.74, 6) is 0. The van der Waals surface area contributed by atoms with Crippen LogP contribution < -0.4 is 10.6 Å². The summed E-state index contributed by atoms with van der Waals surface area (Å²) in [5.41, 5.74) is 0.580. The third-order valence-corrected chi connectivity index (χ3v) is 3.03. The topological polar surface area (TPSA) is 26.1 Å². The van der Waals surface area contributed by atoms with E-state index in [1.54, 1.807) is 0 Å². The highest BCUT2D eigenvalue weighted by atomic mass is 15.0. The summed E-state index contributed by atoms with van der Waals surface area (Å²) in [6.07, 6.45) is 5.49. The first kappa shape index (κ1) is 7.56. The number of piperidine rings is 2. The fourth-order valence-corrected chi connectivity index (χ4v) is 2.34. The number of nitrogens with one attached hydrogen (secondary N) is 1. The second kappa shape index (κ2) is 3.11. The maximum absolute atomic E-state index is 4.51. The van der Waals surface area contributed by atoms with E-state index < -0.39 is 0 Å². The molecule has 2 heteroatoms. The van der Waals surface area contributed by atoms with E-state index in [2.05, 4.69) is 10.6 Å². The first-order valence-corrected chi connectivity index (χ1v) is 4.75. The van der Waals surface area contributed by atoms with Crippen molar-refractivity contribution in [2.75, 3.05) is 26.2 Å². The molecule has 2 nitrogen and oxygen atoms in total. The first-order chi connectivity index (χ1) is 5.41. The van der Waals surface area contributed by atoms with Crippen LogP contribution in [0.1, 0.15) is 25.7 Å². The van der Waals surface area contributed by atoms with Crippen molar-refractivity contribution in [1.29, 1.82) is 0 Å². The van der Waals surface area contributed by atoms with Crippen LogP contribution in [-0.4, -0.2) is 26.2 Å². The first-order valence-electron chi connectivity index (χ1n) is 4.75. The van der Waals surface area contributed by atoms with E-state index in [1.807, 2.05) is 0 Å². The molecule has 11 heavy (non-hydrogen) atoms. The molecule has 0 aliphatic carbocycles. The summed E-state index contributed by atoms with van der Waals surface area (Å²) in [6.45, 7) is 4.68. The fourth-order valence-electron chi connectivity index (χ4n) is 2.34. The van der Waals surface area contributed by atoms with Crippen LogP contribution in [0.2, 0.25) is 0 Å². The summed E-state index contributed by atoms with van der Waals surface area (Å²) in [7, 11) is 0. The molecule has 2 aliphatic rings. The maximum atomic E-state index is 4.51. The zero-order valence-corrected chi connectivity index (χ0v) is 7.10. The molecule has 2 aliphatic heterocycles. The summed E-state index contributed by atoms with van der Waals surface area (Å²) in [5, 5.41) is 8.00. The van der Waals surface area contributed by atoms with Crippen LogP contribution in [0, 0.1) is 5.41 Å². The SMILES string of the molecule is C1C[N]CC2(C1)CCCNC2. The minimum atomic E-state index is 0.580. The molecule has 1 N–H and O–H groups in total. The largest absolute Gasteiger partial charge is 0.316 e. The lowest BCUT2D eigenvalue weighted by Crippen LogP contribution is -2.47. The average Bonchev–Trinajstić information content (AvgIpc) is 2.07. The van der Waals surface area contributed by atoms with Gasteiger partial charge in [-0.05, 0) is 37.6 Å². The van der Waals surface area contributed by atoms with Gasteiger partial charge in [0.25, 0.3) is 0 Å². The number of hydrogen-bond donors (Lipinski definition) is 1. The van der Waals surface area contributed by atoms with Crippen molar-refractivity contribution in [3.05, 3.63) is 0 Å². The third-order valence-electron chi connectivity index (χ3n) is 3.03. The molecule has 1 spiro atoms. The Hall–Kier alpha value is -0.0800. The molecule has 0 saturated carbocycles. The molecule has 1 unspecified atom stereocenters. The van der Waals surface area contributed by atoms with Gasteiger partial charge in [0.05, 0.1) is 0 Å². The Bertz CT molecular complexity index is 102. The highest BCUT2D eigenvalue weighted by molar-refractivity contribution is 4.89. The van der Waals surface area contributed by atoms with Crippen molar-refractivity contribution < 1.29 is 0 Å². The van der Waals surface area contributed by atoms with Gasteiger partial charge in [0, 0.05) is 19.6 Å². The summed E-state index contributed by atoms with van der Waals surface area (Å²) >= 11 is 0. The Morgan fingerprint density at radius 3 is 2.73 bits per heavy atom. The standard InChI is InChI=1S/C9H17N2/c1-3-9(7-10-5-1)4-2-6-11-8-9/h10H,1-8H2. The summed E-state index contributed by atoms with van der Waals surface area (Å²) in [4.78, 5) is 0. The van der Waals surface area contributed by atoms with E-state index in [9.17, 15) is 0 Å². The molecule has 1 radical (unpaired) electrons. The van der Waals surface area contributed by atoms with Crippen LogP contribution in [0.4, 0.5) is 0 Å². The van der Waals surface area contributed by atoms with E-state index in [0.29, 0.717) is 5.41 Å². The van der Waals surface area contributed by atoms with Gasteiger partial charge < -0.3 is 5.32 Å². The van der Waals surface area contributed by atoms with Gasteiger partial charge in [0.2, 0.25) is 0 Å². The number of nitrogens with zero attached hydrogens (tertiary/aromatic N) is 1. The molecule has 1 atom stereocenters. The number of hydrogen-bond acceptors (Lipinski definition) is 1. The van der Waals surface area contributed by atoms with E-state index in [1.165, 1.54) is 38.8 Å². The zero-order chi connectivity index (χ0) is 7.57. The predicted molar refractivity (Wildman–Crippen MR) is 45.6 cm³/mol. The van der Waals surface area contributed by atoms with Crippen molar-refractivity contribution >= 4 is 0 Å². The fraction of sp³-hybridized carbons (Fsp3) is 1.00. The van der Waals surface area contributed by atoms with Crippen molar-refractivity contribution in [3.8, 4) is 0 Å². The Balaban J connectivity index is 1.94. The van der Waals surface area contributed by atoms with Crippen molar-refractivity contribution in [3.63, 3.8) is 0 Å². The van der Waals surface area contributed by atoms with Crippen LogP contribution in [0.15, 0.2) is 0 Å². The normalized spacial score (nSPS) is 30.5. The van der Waals surface area contributed by atoms with Gasteiger partial charge in [-0.25, -0.2) is 5.32 Å². The lowest BCUT2D eigenvalue weighted by Gasteiger charge is -2.40. The second-order valence-electron chi connectivity index (χ2n) is 3.99. The molecule has 0 aromatic carbocycles. The minimum absolute atomic E-state index is 0.580. The van der Waals surface area contributed by atoms with Crippen LogP contribution >= 0.6 is 0 Å². The molecule has 0 aromatic heterocycles. The van der Waals surface area contributed by atoms with Crippen LogP contribution in [0.25, 0.3) is 0 Å². The Morgan fingerprint density at radius 1 is 1.18 bits per heavy atom. The highest BCUT2D eigenvalue weighted by Crippen LogP contribution is 2.33. The average molecular weight is 153 g/mol. The smallest absolute Gasteiger partial charge is 0.0202 e. The van der Waals surface area contributed by atoms with Crippen molar-refractivity contribution in [2.24, 2.45) is 5.41 Å². The molecule has 2 fully saturated rings. The summed E-state index contributed by atoms with van der Waals surface area (Å²) < 4.78 is 0. The van der Waals surface area contributed by atoms with Gasteiger partial charge in [0.1, 0.15) is 0 Å². The zero-order valence-electron chi connectivity index (χ0n) is 7.10. The van der Waals surface area contributed by atoms with Gasteiger partial charge in [-0.3, -0.25) is 0 Å². The third kappa shape index (κ3) is 1.57.